The van der Waals surface area contributed by atoms with Crippen LogP contribution in [0, 0.1) is 0 Å². The highest BCUT2D eigenvalue weighted by molar-refractivity contribution is 9.10. The Morgan fingerprint density at radius 2 is 2.11 bits per heavy atom. The number of anilines is 1. The van der Waals surface area contributed by atoms with Crippen LogP contribution in [0.25, 0.3) is 0 Å². The summed E-state index contributed by atoms with van der Waals surface area (Å²) in [6.07, 6.45) is 0.876. The number of hydrogen-bond acceptors (Lipinski definition) is 4. The number of ether oxygens (including phenoxy) is 2. The van der Waals surface area contributed by atoms with Crippen molar-refractivity contribution in [2.75, 3.05) is 38.9 Å². The number of nitrogens with zero attached hydrogens (tertiary/aromatic N) is 1. The van der Waals surface area contributed by atoms with Crippen molar-refractivity contribution >= 4 is 27.9 Å². The number of halogens is 1. The van der Waals surface area contributed by atoms with Gasteiger partial charge in [0.2, 0.25) is 0 Å². The Hall–Kier alpha value is -0.910. The molecule has 0 aliphatic carbocycles. The quantitative estimate of drug-likeness (QED) is 0.687. The Kier molecular flexibility index (Phi) is 7.05. The van der Waals surface area contributed by atoms with E-state index in [1.165, 1.54) is 0 Å². The molecule has 4 nitrogen and oxygen atoms in total. The van der Waals surface area contributed by atoms with Gasteiger partial charge in [0, 0.05) is 42.5 Å². The molecule has 0 N–H and O–H groups in total. The highest BCUT2D eigenvalue weighted by Gasteiger charge is 2.17. The van der Waals surface area contributed by atoms with Crippen LogP contribution in [-0.4, -0.2) is 46.3 Å². The zero-order valence-electron chi connectivity index (χ0n) is 11.6. The molecular formula is C14H20BrNO3. The van der Waals surface area contributed by atoms with Crippen molar-refractivity contribution in [3.8, 4) is 0 Å². The molecule has 0 heterocycles. The molecule has 0 aromatic heterocycles. The van der Waals surface area contributed by atoms with E-state index in [0.717, 1.165) is 16.4 Å². The second-order valence-electron chi connectivity index (χ2n) is 4.31. The first-order chi connectivity index (χ1) is 9.13. The van der Waals surface area contributed by atoms with Crippen molar-refractivity contribution in [1.82, 2.24) is 0 Å². The minimum Gasteiger partial charge on any atom is -0.383 e. The third kappa shape index (κ3) is 4.60. The molecule has 0 aliphatic rings. The highest BCUT2D eigenvalue weighted by atomic mass is 79.9. The van der Waals surface area contributed by atoms with E-state index >= 15 is 0 Å². The van der Waals surface area contributed by atoms with Crippen LogP contribution in [0.2, 0.25) is 0 Å². The van der Waals surface area contributed by atoms with Crippen LogP contribution in [0.4, 0.5) is 5.69 Å². The van der Waals surface area contributed by atoms with E-state index in [-0.39, 0.29) is 6.04 Å². The van der Waals surface area contributed by atoms with Gasteiger partial charge in [-0.05, 0) is 25.1 Å². The number of carbonyl (C=O) groups excluding carboxylic acids is 1. The van der Waals surface area contributed by atoms with E-state index in [1.54, 1.807) is 14.2 Å². The zero-order valence-corrected chi connectivity index (χ0v) is 13.1. The lowest BCUT2D eigenvalue weighted by Crippen LogP contribution is -2.39. The van der Waals surface area contributed by atoms with Gasteiger partial charge in [-0.2, -0.15) is 0 Å². The summed E-state index contributed by atoms with van der Waals surface area (Å²) in [4.78, 5) is 13.3. The van der Waals surface area contributed by atoms with Crippen molar-refractivity contribution in [3.63, 3.8) is 0 Å². The molecule has 0 fully saturated rings. The predicted octanol–water partition coefficient (Wildman–Crippen LogP) is 2.75. The standard InChI is InChI=1S/C14H20BrNO3/c1-11(10-19-3)16(6-7-18-2)14-8-13(15)5-4-12(14)9-17/h4-5,8-9,11H,6-7,10H2,1-3H3. The Labute approximate surface area is 122 Å². The van der Waals surface area contributed by atoms with Gasteiger partial charge in [0.25, 0.3) is 0 Å². The second kappa shape index (κ2) is 8.30. The van der Waals surface area contributed by atoms with Gasteiger partial charge in [0.1, 0.15) is 0 Å². The molecule has 0 saturated carbocycles. The fraction of sp³-hybridized carbons (Fsp3) is 0.500. The number of carbonyl (C=O) groups is 1. The van der Waals surface area contributed by atoms with Crippen LogP contribution in [0.5, 0.6) is 0 Å². The minimum atomic E-state index is 0.160. The van der Waals surface area contributed by atoms with E-state index in [0.29, 0.717) is 25.3 Å². The van der Waals surface area contributed by atoms with E-state index in [9.17, 15) is 4.79 Å². The molecule has 1 aromatic carbocycles. The molecule has 1 unspecified atom stereocenters. The van der Waals surface area contributed by atoms with Crippen LogP contribution in [0.1, 0.15) is 17.3 Å². The summed E-state index contributed by atoms with van der Waals surface area (Å²) >= 11 is 3.44. The van der Waals surface area contributed by atoms with Gasteiger partial charge in [0.15, 0.2) is 6.29 Å². The van der Waals surface area contributed by atoms with Crippen molar-refractivity contribution in [2.24, 2.45) is 0 Å². The molecule has 1 aromatic rings. The lowest BCUT2D eigenvalue weighted by Gasteiger charge is -2.31. The number of rotatable bonds is 8. The Balaban J connectivity index is 3.07. The van der Waals surface area contributed by atoms with Crippen molar-refractivity contribution < 1.29 is 14.3 Å². The van der Waals surface area contributed by atoms with Crippen molar-refractivity contribution in [2.45, 2.75) is 13.0 Å². The second-order valence-corrected chi connectivity index (χ2v) is 5.23. The van der Waals surface area contributed by atoms with E-state index < -0.39 is 0 Å². The molecule has 0 radical (unpaired) electrons. The van der Waals surface area contributed by atoms with Crippen LogP contribution in [-0.2, 0) is 9.47 Å². The van der Waals surface area contributed by atoms with E-state index in [1.807, 2.05) is 18.2 Å². The smallest absolute Gasteiger partial charge is 0.152 e. The third-order valence-electron chi connectivity index (χ3n) is 2.91. The maximum Gasteiger partial charge on any atom is 0.152 e. The van der Waals surface area contributed by atoms with Gasteiger partial charge >= 0.3 is 0 Å². The summed E-state index contributed by atoms with van der Waals surface area (Å²) in [5.41, 5.74) is 1.56. The fourth-order valence-electron chi connectivity index (χ4n) is 1.96. The first kappa shape index (κ1) is 16.1. The van der Waals surface area contributed by atoms with Gasteiger partial charge in [-0.1, -0.05) is 15.9 Å². The van der Waals surface area contributed by atoms with Gasteiger partial charge in [0.05, 0.1) is 13.2 Å². The van der Waals surface area contributed by atoms with E-state index in [2.05, 4.69) is 27.8 Å². The molecule has 0 amide bonds. The first-order valence-corrected chi connectivity index (χ1v) is 6.92. The summed E-state index contributed by atoms with van der Waals surface area (Å²) in [5.74, 6) is 0. The SMILES string of the molecule is COCCN(c1cc(Br)ccc1C=O)C(C)COC. The Morgan fingerprint density at radius 1 is 1.37 bits per heavy atom. The molecule has 0 saturated heterocycles. The molecule has 0 aliphatic heterocycles. The van der Waals surface area contributed by atoms with Crippen molar-refractivity contribution in [3.05, 3.63) is 28.2 Å². The Bertz CT molecular complexity index is 412. The number of benzene rings is 1. The predicted molar refractivity (Wildman–Crippen MR) is 80.1 cm³/mol. The Morgan fingerprint density at radius 3 is 2.68 bits per heavy atom. The van der Waals surface area contributed by atoms with Crippen LogP contribution < -0.4 is 4.90 Å². The molecular weight excluding hydrogens is 310 g/mol. The summed E-state index contributed by atoms with van der Waals surface area (Å²) in [6, 6.07) is 5.79. The molecule has 106 valence electrons. The summed E-state index contributed by atoms with van der Waals surface area (Å²) < 4.78 is 11.3. The summed E-state index contributed by atoms with van der Waals surface area (Å²) in [6.45, 7) is 3.96. The normalized spacial score (nSPS) is 12.2. The molecule has 0 spiro atoms. The molecule has 1 atom stereocenters. The average molecular weight is 330 g/mol. The van der Waals surface area contributed by atoms with Gasteiger partial charge in [-0.3, -0.25) is 4.79 Å². The molecule has 1 rings (SSSR count). The lowest BCUT2D eigenvalue weighted by molar-refractivity contribution is 0.112. The third-order valence-corrected chi connectivity index (χ3v) is 3.40. The average Bonchev–Trinajstić information content (AvgIpc) is 2.40. The van der Waals surface area contributed by atoms with Crippen LogP contribution in [0.15, 0.2) is 22.7 Å². The van der Waals surface area contributed by atoms with Crippen molar-refractivity contribution in [1.29, 1.82) is 0 Å². The van der Waals surface area contributed by atoms with Gasteiger partial charge < -0.3 is 14.4 Å². The molecule has 0 bridgehead atoms. The lowest BCUT2D eigenvalue weighted by atomic mass is 10.1. The first-order valence-electron chi connectivity index (χ1n) is 6.13. The van der Waals surface area contributed by atoms with Crippen LogP contribution in [0.3, 0.4) is 0 Å². The van der Waals surface area contributed by atoms with Crippen LogP contribution >= 0.6 is 15.9 Å². The maximum atomic E-state index is 11.2. The number of methoxy groups -OCH3 is 2. The largest absolute Gasteiger partial charge is 0.383 e. The maximum absolute atomic E-state index is 11.2. The van der Waals surface area contributed by atoms with E-state index in [4.69, 9.17) is 9.47 Å². The fourth-order valence-corrected chi connectivity index (χ4v) is 2.31. The topological polar surface area (TPSA) is 38.8 Å². The molecule has 5 heteroatoms. The number of aldehydes is 1. The van der Waals surface area contributed by atoms with Gasteiger partial charge in [-0.15, -0.1) is 0 Å². The monoisotopic (exact) mass is 329 g/mol. The van der Waals surface area contributed by atoms with Gasteiger partial charge in [-0.25, -0.2) is 0 Å². The molecule has 19 heavy (non-hydrogen) atoms. The minimum absolute atomic E-state index is 0.160. The summed E-state index contributed by atoms with van der Waals surface area (Å²) in [7, 11) is 3.34. The number of hydrogen-bond donors (Lipinski definition) is 0. The highest BCUT2D eigenvalue weighted by Crippen LogP contribution is 2.25. The summed E-state index contributed by atoms with van der Waals surface area (Å²) in [5, 5.41) is 0. The zero-order chi connectivity index (χ0) is 14.3.